The van der Waals surface area contributed by atoms with Crippen LogP contribution in [0.2, 0.25) is 0 Å². The monoisotopic (exact) mass is 364 g/mol. The summed E-state index contributed by atoms with van der Waals surface area (Å²) in [5.74, 6) is 0.594. The first kappa shape index (κ1) is 16.4. The van der Waals surface area contributed by atoms with E-state index in [1.54, 1.807) is 18.2 Å². The molecule has 4 aromatic rings. The van der Waals surface area contributed by atoms with Crippen molar-refractivity contribution in [2.45, 2.75) is 9.99 Å². The quantitative estimate of drug-likeness (QED) is 0.515. The van der Waals surface area contributed by atoms with Gasteiger partial charge in [0, 0.05) is 10.9 Å². The van der Waals surface area contributed by atoms with Crippen molar-refractivity contribution < 1.29 is 17.6 Å². The first-order chi connectivity index (χ1) is 12.6. The summed E-state index contributed by atoms with van der Waals surface area (Å²) in [6, 6.07) is 23.0. The highest BCUT2D eigenvalue weighted by Gasteiger charge is 2.28. The number of hydrogen-bond donors (Lipinski definition) is 0. The second-order valence-electron chi connectivity index (χ2n) is 5.81. The SMILES string of the molecule is COc1ccc(S(=O)(=O)c2oc3ccccc3c2-c2ccccc2)cc1. The Hall–Kier alpha value is -3.05. The highest BCUT2D eigenvalue weighted by Crippen LogP contribution is 2.39. The molecule has 5 heteroatoms. The first-order valence-electron chi connectivity index (χ1n) is 8.07. The van der Waals surface area contributed by atoms with Crippen molar-refractivity contribution in [1.29, 1.82) is 0 Å². The summed E-state index contributed by atoms with van der Waals surface area (Å²) in [4.78, 5) is 0.162. The summed E-state index contributed by atoms with van der Waals surface area (Å²) in [6.45, 7) is 0. The molecule has 0 N–H and O–H groups in total. The molecule has 3 aromatic carbocycles. The number of benzene rings is 3. The zero-order valence-electron chi connectivity index (χ0n) is 14.0. The van der Waals surface area contributed by atoms with E-state index in [9.17, 15) is 8.42 Å². The van der Waals surface area contributed by atoms with Crippen molar-refractivity contribution in [3.05, 3.63) is 78.9 Å². The minimum atomic E-state index is -3.83. The Morgan fingerprint density at radius 3 is 2.15 bits per heavy atom. The minimum Gasteiger partial charge on any atom is -0.497 e. The average molecular weight is 364 g/mol. The molecular weight excluding hydrogens is 348 g/mol. The third kappa shape index (κ3) is 2.66. The summed E-state index contributed by atoms with van der Waals surface area (Å²) in [6.07, 6.45) is 0. The van der Waals surface area contributed by atoms with Crippen LogP contribution in [-0.2, 0) is 9.84 Å². The van der Waals surface area contributed by atoms with Crippen LogP contribution in [0.5, 0.6) is 5.75 Å². The number of fused-ring (bicyclic) bond motifs is 1. The molecule has 0 atom stereocenters. The van der Waals surface area contributed by atoms with Crippen LogP contribution in [0.15, 0.2) is 93.3 Å². The van der Waals surface area contributed by atoms with Crippen LogP contribution in [0.4, 0.5) is 0 Å². The largest absolute Gasteiger partial charge is 0.497 e. The number of para-hydroxylation sites is 1. The summed E-state index contributed by atoms with van der Waals surface area (Å²) in [5, 5.41) is 0.723. The van der Waals surface area contributed by atoms with E-state index in [2.05, 4.69) is 0 Å². The Bertz CT molecular complexity index is 1160. The van der Waals surface area contributed by atoms with Crippen LogP contribution in [0, 0.1) is 0 Å². The molecule has 0 fully saturated rings. The standard InChI is InChI=1S/C21H16O4S/c1-24-16-11-13-17(14-12-16)26(22,23)21-20(15-7-3-2-4-8-15)18-9-5-6-10-19(18)25-21/h2-14H,1H3. The van der Waals surface area contributed by atoms with Crippen molar-refractivity contribution in [2.24, 2.45) is 0 Å². The van der Waals surface area contributed by atoms with Gasteiger partial charge in [-0.3, -0.25) is 0 Å². The van der Waals surface area contributed by atoms with Crippen LogP contribution in [0.25, 0.3) is 22.1 Å². The van der Waals surface area contributed by atoms with Crippen LogP contribution in [0.3, 0.4) is 0 Å². The maximum atomic E-state index is 13.3. The molecule has 130 valence electrons. The predicted molar refractivity (Wildman–Crippen MR) is 100 cm³/mol. The third-order valence-corrected chi connectivity index (χ3v) is 5.91. The van der Waals surface area contributed by atoms with E-state index in [1.165, 1.54) is 19.2 Å². The Balaban J connectivity index is 1.98. The molecule has 0 aliphatic carbocycles. The second-order valence-corrected chi connectivity index (χ2v) is 7.65. The first-order valence-corrected chi connectivity index (χ1v) is 9.55. The lowest BCUT2D eigenvalue weighted by Gasteiger charge is -2.06. The van der Waals surface area contributed by atoms with Crippen LogP contribution in [0.1, 0.15) is 0 Å². The molecule has 0 saturated carbocycles. The fourth-order valence-corrected chi connectivity index (χ4v) is 4.36. The van der Waals surface area contributed by atoms with Gasteiger partial charge in [0.25, 0.3) is 0 Å². The van der Waals surface area contributed by atoms with E-state index >= 15 is 0 Å². The van der Waals surface area contributed by atoms with Crippen molar-refractivity contribution in [1.82, 2.24) is 0 Å². The van der Waals surface area contributed by atoms with Gasteiger partial charge >= 0.3 is 0 Å². The maximum Gasteiger partial charge on any atom is 0.240 e. The lowest BCUT2D eigenvalue weighted by atomic mass is 10.1. The zero-order valence-corrected chi connectivity index (χ0v) is 14.9. The topological polar surface area (TPSA) is 56.5 Å². The Morgan fingerprint density at radius 1 is 0.808 bits per heavy atom. The molecule has 26 heavy (non-hydrogen) atoms. The summed E-state index contributed by atoms with van der Waals surface area (Å²) in [5.41, 5.74) is 1.92. The third-order valence-electron chi connectivity index (χ3n) is 4.24. The smallest absolute Gasteiger partial charge is 0.240 e. The second kappa shape index (κ2) is 6.35. The van der Waals surface area contributed by atoms with Gasteiger partial charge in [0.2, 0.25) is 14.9 Å². The molecule has 0 aliphatic heterocycles. The lowest BCUT2D eigenvalue weighted by molar-refractivity contribution is 0.414. The van der Waals surface area contributed by atoms with Crippen molar-refractivity contribution in [2.75, 3.05) is 7.11 Å². The highest BCUT2D eigenvalue weighted by molar-refractivity contribution is 7.91. The summed E-state index contributed by atoms with van der Waals surface area (Å²) < 4.78 is 37.4. The number of furan rings is 1. The maximum absolute atomic E-state index is 13.3. The number of methoxy groups -OCH3 is 1. The van der Waals surface area contributed by atoms with Crippen molar-refractivity contribution in [3.8, 4) is 16.9 Å². The molecule has 4 rings (SSSR count). The van der Waals surface area contributed by atoms with Gasteiger partial charge in [-0.15, -0.1) is 0 Å². The van der Waals surface area contributed by atoms with E-state index < -0.39 is 9.84 Å². The molecule has 0 aliphatic rings. The Labute approximate surface area is 151 Å². The van der Waals surface area contributed by atoms with E-state index in [0.717, 1.165) is 10.9 Å². The number of hydrogen-bond acceptors (Lipinski definition) is 4. The molecule has 0 bridgehead atoms. The molecule has 0 unspecified atom stereocenters. The number of ether oxygens (including phenoxy) is 1. The average Bonchev–Trinajstić information content (AvgIpc) is 3.09. The summed E-state index contributed by atoms with van der Waals surface area (Å²) >= 11 is 0. The predicted octanol–water partition coefficient (Wildman–Crippen LogP) is 4.94. The van der Waals surface area contributed by atoms with Gasteiger partial charge < -0.3 is 9.15 Å². The summed E-state index contributed by atoms with van der Waals surface area (Å²) in [7, 11) is -2.29. The van der Waals surface area contributed by atoms with Gasteiger partial charge in [-0.1, -0.05) is 48.5 Å². The molecule has 0 spiro atoms. The fraction of sp³-hybridized carbons (Fsp3) is 0.0476. The highest BCUT2D eigenvalue weighted by atomic mass is 32.2. The Kier molecular flexibility index (Phi) is 4.01. The number of rotatable bonds is 4. The molecule has 1 heterocycles. The minimum absolute atomic E-state index is 0.0462. The molecule has 0 amide bonds. The van der Waals surface area contributed by atoms with Crippen LogP contribution >= 0.6 is 0 Å². The van der Waals surface area contributed by atoms with Crippen LogP contribution in [-0.4, -0.2) is 15.5 Å². The molecule has 4 nitrogen and oxygen atoms in total. The van der Waals surface area contributed by atoms with E-state index in [0.29, 0.717) is 16.9 Å². The zero-order chi connectivity index (χ0) is 18.1. The van der Waals surface area contributed by atoms with Crippen molar-refractivity contribution in [3.63, 3.8) is 0 Å². The van der Waals surface area contributed by atoms with Crippen LogP contribution < -0.4 is 4.74 Å². The van der Waals surface area contributed by atoms with Gasteiger partial charge in [-0.2, -0.15) is 0 Å². The van der Waals surface area contributed by atoms with Crippen molar-refractivity contribution >= 4 is 20.8 Å². The van der Waals surface area contributed by atoms with Gasteiger partial charge in [-0.25, -0.2) is 8.42 Å². The molecule has 0 radical (unpaired) electrons. The molecular formula is C21H16O4S. The molecule has 0 saturated heterocycles. The Morgan fingerprint density at radius 2 is 1.46 bits per heavy atom. The number of sulfone groups is 1. The van der Waals surface area contributed by atoms with Gasteiger partial charge in [-0.05, 0) is 35.9 Å². The lowest BCUT2D eigenvalue weighted by Crippen LogP contribution is -2.02. The van der Waals surface area contributed by atoms with E-state index in [1.807, 2.05) is 48.5 Å². The van der Waals surface area contributed by atoms with Gasteiger partial charge in [0.05, 0.1) is 12.0 Å². The van der Waals surface area contributed by atoms with Gasteiger partial charge in [0.1, 0.15) is 11.3 Å². The fourth-order valence-electron chi connectivity index (χ4n) is 2.95. The van der Waals surface area contributed by atoms with E-state index in [4.69, 9.17) is 9.15 Å². The normalized spacial score (nSPS) is 11.6. The van der Waals surface area contributed by atoms with E-state index in [-0.39, 0.29) is 9.99 Å². The molecule has 1 aromatic heterocycles. The van der Waals surface area contributed by atoms with Gasteiger partial charge in [0.15, 0.2) is 0 Å².